The van der Waals surface area contributed by atoms with E-state index in [4.69, 9.17) is 16.3 Å². The van der Waals surface area contributed by atoms with Crippen molar-refractivity contribution in [2.75, 3.05) is 6.07 Å². The molecule has 0 aliphatic carbocycles. The van der Waals surface area contributed by atoms with Crippen LogP contribution in [0.25, 0.3) is 0 Å². The number of unbranched alkanes of at least 4 members (excludes halogenated alkanes) is 1. The summed E-state index contributed by atoms with van der Waals surface area (Å²) in [5, 5.41) is 0. The summed E-state index contributed by atoms with van der Waals surface area (Å²) >= 11 is 5.35. The largest absolute Gasteiger partial charge is 0.363 e. The van der Waals surface area contributed by atoms with Gasteiger partial charge in [-0.1, -0.05) is 31.4 Å². The summed E-state index contributed by atoms with van der Waals surface area (Å²) in [5.74, 6) is 0. The van der Waals surface area contributed by atoms with Gasteiger partial charge in [-0.15, -0.1) is 0 Å². The van der Waals surface area contributed by atoms with E-state index in [2.05, 4.69) is 13.8 Å². The summed E-state index contributed by atoms with van der Waals surface area (Å²) in [5.41, 5.74) is 0. The molecule has 0 saturated heterocycles. The third-order valence-corrected chi connectivity index (χ3v) is 1.44. The number of alkyl halides is 1. The third-order valence-electron chi connectivity index (χ3n) is 1.31. The van der Waals surface area contributed by atoms with Crippen LogP contribution in [0.2, 0.25) is 0 Å². The molecule has 0 radical (unpaired) electrons. The zero-order valence-electron chi connectivity index (χ0n) is 6.19. The number of halogens is 1. The van der Waals surface area contributed by atoms with Crippen molar-refractivity contribution in [2.24, 2.45) is 0 Å². The molecule has 0 fully saturated rings. The molecule has 56 valence electrons. The van der Waals surface area contributed by atoms with Gasteiger partial charge in [-0.25, -0.2) is 0 Å². The van der Waals surface area contributed by atoms with Crippen molar-refractivity contribution in [3.8, 4) is 0 Å². The van der Waals surface area contributed by atoms with Crippen LogP contribution in [0.1, 0.15) is 33.1 Å². The molecule has 0 saturated carbocycles. The van der Waals surface area contributed by atoms with Gasteiger partial charge in [-0.05, 0) is 13.3 Å². The Balaban J connectivity index is 2.95. The zero-order valence-corrected chi connectivity index (χ0v) is 6.95. The smallest absolute Gasteiger partial charge is 0.121 e. The van der Waals surface area contributed by atoms with Crippen LogP contribution in [0.15, 0.2) is 0 Å². The van der Waals surface area contributed by atoms with Crippen LogP contribution in [0.3, 0.4) is 0 Å². The first-order valence-electron chi connectivity index (χ1n) is 3.48. The fourth-order valence-electron chi connectivity index (χ4n) is 0.682. The zero-order chi connectivity index (χ0) is 7.11. The molecular formula is C7H15ClO. The number of hydrogen-bond acceptors (Lipinski definition) is 1. The highest BCUT2D eigenvalue weighted by Gasteiger charge is 1.97. The van der Waals surface area contributed by atoms with Gasteiger partial charge in [0.2, 0.25) is 0 Å². The first-order valence-corrected chi connectivity index (χ1v) is 4.02. The molecule has 0 aliphatic heterocycles. The number of hydrogen-bond donors (Lipinski definition) is 0. The molecule has 1 atom stereocenters. The Bertz CT molecular complexity index is 56.9. The lowest BCUT2D eigenvalue weighted by atomic mass is 10.2. The van der Waals surface area contributed by atoms with Gasteiger partial charge in [-0.2, -0.15) is 0 Å². The minimum Gasteiger partial charge on any atom is -0.363 e. The van der Waals surface area contributed by atoms with Crippen molar-refractivity contribution in [3.63, 3.8) is 0 Å². The molecule has 1 unspecified atom stereocenters. The monoisotopic (exact) mass is 150 g/mol. The summed E-state index contributed by atoms with van der Waals surface area (Å²) in [7, 11) is 0. The van der Waals surface area contributed by atoms with Crippen LogP contribution in [0.4, 0.5) is 0 Å². The lowest BCUT2D eigenvalue weighted by Crippen LogP contribution is -2.05. The Morgan fingerprint density at radius 3 is 2.67 bits per heavy atom. The highest BCUT2D eigenvalue weighted by atomic mass is 35.5. The average molecular weight is 151 g/mol. The standard InChI is InChI=1S/C7H15ClO/c1-3-4-5-7(2)9-6-8/h7H,3-6H2,1-2H3. The maximum atomic E-state index is 5.35. The van der Waals surface area contributed by atoms with Crippen molar-refractivity contribution in [1.82, 2.24) is 0 Å². The summed E-state index contributed by atoms with van der Waals surface area (Å²) in [4.78, 5) is 0. The van der Waals surface area contributed by atoms with E-state index >= 15 is 0 Å². The van der Waals surface area contributed by atoms with Crippen LogP contribution >= 0.6 is 11.6 Å². The average Bonchev–Trinajstić information content (AvgIpc) is 1.85. The second-order valence-corrected chi connectivity index (χ2v) is 2.45. The predicted octanol–water partition coefficient (Wildman–Crippen LogP) is 2.78. The van der Waals surface area contributed by atoms with Crippen LogP contribution in [-0.2, 0) is 4.74 Å². The number of rotatable bonds is 5. The molecule has 0 amide bonds. The molecule has 1 nitrogen and oxygen atoms in total. The second kappa shape index (κ2) is 6.37. The molecular weight excluding hydrogens is 136 g/mol. The maximum absolute atomic E-state index is 5.35. The molecule has 0 rings (SSSR count). The quantitative estimate of drug-likeness (QED) is 0.548. The fraction of sp³-hybridized carbons (Fsp3) is 1.00. The van der Waals surface area contributed by atoms with E-state index in [1.807, 2.05) is 0 Å². The molecule has 0 heterocycles. The van der Waals surface area contributed by atoms with E-state index in [0.29, 0.717) is 12.2 Å². The minimum atomic E-state index is 0.324. The van der Waals surface area contributed by atoms with Crippen molar-refractivity contribution in [3.05, 3.63) is 0 Å². The highest BCUT2D eigenvalue weighted by Crippen LogP contribution is 2.03. The van der Waals surface area contributed by atoms with Gasteiger partial charge in [0.25, 0.3) is 0 Å². The number of ether oxygens (including phenoxy) is 1. The molecule has 0 aliphatic rings. The summed E-state index contributed by atoms with van der Waals surface area (Å²) in [6.45, 7) is 4.23. The molecule has 0 bridgehead atoms. The van der Waals surface area contributed by atoms with Gasteiger partial charge in [0.15, 0.2) is 0 Å². The van der Waals surface area contributed by atoms with Gasteiger partial charge in [0, 0.05) is 0 Å². The van der Waals surface area contributed by atoms with E-state index in [1.165, 1.54) is 12.8 Å². The highest BCUT2D eigenvalue weighted by molar-refractivity contribution is 6.17. The van der Waals surface area contributed by atoms with Gasteiger partial charge in [-0.3, -0.25) is 0 Å². The van der Waals surface area contributed by atoms with Crippen molar-refractivity contribution >= 4 is 11.6 Å². The normalized spacial score (nSPS) is 13.7. The van der Waals surface area contributed by atoms with E-state index in [1.54, 1.807) is 0 Å². The van der Waals surface area contributed by atoms with Crippen LogP contribution in [0, 0.1) is 0 Å². The van der Waals surface area contributed by atoms with Crippen LogP contribution in [0.5, 0.6) is 0 Å². The molecule has 0 spiro atoms. The second-order valence-electron chi connectivity index (χ2n) is 2.23. The van der Waals surface area contributed by atoms with E-state index < -0.39 is 0 Å². The Labute approximate surface area is 62.3 Å². The summed E-state index contributed by atoms with van der Waals surface area (Å²) in [6.07, 6.45) is 3.93. The molecule has 0 aromatic rings. The van der Waals surface area contributed by atoms with E-state index in [0.717, 1.165) is 6.42 Å². The third kappa shape index (κ3) is 6.13. The predicted molar refractivity (Wildman–Crippen MR) is 40.8 cm³/mol. The van der Waals surface area contributed by atoms with Crippen molar-refractivity contribution in [1.29, 1.82) is 0 Å². The molecule has 2 heteroatoms. The topological polar surface area (TPSA) is 9.23 Å². The summed E-state index contributed by atoms with van der Waals surface area (Å²) in [6, 6.07) is 0.324. The molecule has 9 heavy (non-hydrogen) atoms. The van der Waals surface area contributed by atoms with Gasteiger partial charge < -0.3 is 4.74 Å². The van der Waals surface area contributed by atoms with Crippen LogP contribution < -0.4 is 0 Å². The van der Waals surface area contributed by atoms with Crippen molar-refractivity contribution < 1.29 is 4.74 Å². The van der Waals surface area contributed by atoms with E-state index in [9.17, 15) is 0 Å². The Morgan fingerprint density at radius 1 is 1.56 bits per heavy atom. The van der Waals surface area contributed by atoms with Crippen LogP contribution in [-0.4, -0.2) is 12.2 Å². The minimum absolute atomic E-state index is 0.324. The van der Waals surface area contributed by atoms with Gasteiger partial charge in [0.1, 0.15) is 6.07 Å². The first kappa shape index (κ1) is 9.25. The molecule has 0 aromatic heterocycles. The van der Waals surface area contributed by atoms with Gasteiger partial charge >= 0.3 is 0 Å². The lowest BCUT2D eigenvalue weighted by molar-refractivity contribution is 0.0933. The Hall–Kier alpha value is 0.250. The maximum Gasteiger partial charge on any atom is 0.121 e. The Kier molecular flexibility index (Phi) is 6.55. The summed E-state index contributed by atoms with van der Waals surface area (Å²) < 4.78 is 5.11. The van der Waals surface area contributed by atoms with Gasteiger partial charge in [0.05, 0.1) is 6.10 Å². The van der Waals surface area contributed by atoms with Crippen molar-refractivity contribution in [2.45, 2.75) is 39.2 Å². The molecule has 0 N–H and O–H groups in total. The first-order chi connectivity index (χ1) is 4.31. The lowest BCUT2D eigenvalue weighted by Gasteiger charge is -2.08. The molecule has 0 aromatic carbocycles. The fourth-order valence-corrected chi connectivity index (χ4v) is 0.898. The SMILES string of the molecule is CCCCC(C)OCCl. The van der Waals surface area contributed by atoms with E-state index in [-0.39, 0.29) is 0 Å². The Morgan fingerprint density at radius 2 is 2.22 bits per heavy atom.